The summed E-state index contributed by atoms with van der Waals surface area (Å²) in [5.74, 6) is 1.31. The lowest BCUT2D eigenvalue weighted by Crippen LogP contribution is -2.23. The van der Waals surface area contributed by atoms with Crippen molar-refractivity contribution < 1.29 is 9.15 Å². The standard InChI is InChI=1S/C14H18N2O2/c1-9(2)12-13(11-5-7-17-8-11)15-16-6-4-10(3)18-14(12)16/h5,7-10H,4,6H2,1-3H3/t10-/m1/s1. The van der Waals surface area contributed by atoms with E-state index in [4.69, 9.17) is 9.15 Å². The van der Waals surface area contributed by atoms with Crippen LogP contribution in [0.2, 0.25) is 0 Å². The minimum Gasteiger partial charge on any atom is -0.475 e. The molecular formula is C14H18N2O2. The second-order valence-corrected chi connectivity index (χ2v) is 5.17. The van der Waals surface area contributed by atoms with E-state index in [2.05, 4.69) is 25.9 Å². The third-order valence-electron chi connectivity index (χ3n) is 3.37. The highest BCUT2D eigenvalue weighted by atomic mass is 16.5. The molecule has 2 aromatic heterocycles. The van der Waals surface area contributed by atoms with Gasteiger partial charge in [-0.2, -0.15) is 5.10 Å². The van der Waals surface area contributed by atoms with Gasteiger partial charge in [-0.05, 0) is 18.9 Å². The number of nitrogens with zero attached hydrogens (tertiary/aromatic N) is 2. The minimum absolute atomic E-state index is 0.267. The maximum absolute atomic E-state index is 5.97. The highest BCUT2D eigenvalue weighted by Gasteiger charge is 2.27. The smallest absolute Gasteiger partial charge is 0.216 e. The van der Waals surface area contributed by atoms with Crippen molar-refractivity contribution in [2.75, 3.05) is 0 Å². The van der Waals surface area contributed by atoms with Crippen LogP contribution >= 0.6 is 0 Å². The molecule has 18 heavy (non-hydrogen) atoms. The Balaban J connectivity index is 2.15. The number of furan rings is 1. The highest BCUT2D eigenvalue weighted by molar-refractivity contribution is 5.65. The molecule has 4 nitrogen and oxygen atoms in total. The fraction of sp³-hybridized carbons (Fsp3) is 0.500. The largest absolute Gasteiger partial charge is 0.475 e. The monoisotopic (exact) mass is 246 g/mol. The Kier molecular flexibility index (Phi) is 2.65. The van der Waals surface area contributed by atoms with E-state index in [-0.39, 0.29) is 6.10 Å². The Morgan fingerprint density at radius 3 is 2.94 bits per heavy atom. The fourth-order valence-electron chi connectivity index (χ4n) is 2.42. The Hall–Kier alpha value is -1.71. The van der Waals surface area contributed by atoms with Gasteiger partial charge >= 0.3 is 0 Å². The first-order valence-corrected chi connectivity index (χ1v) is 6.46. The lowest BCUT2D eigenvalue weighted by Gasteiger charge is -2.23. The summed E-state index contributed by atoms with van der Waals surface area (Å²) in [4.78, 5) is 0. The lowest BCUT2D eigenvalue weighted by molar-refractivity contribution is 0.147. The summed E-state index contributed by atoms with van der Waals surface area (Å²) >= 11 is 0. The zero-order valence-corrected chi connectivity index (χ0v) is 11.0. The summed E-state index contributed by atoms with van der Waals surface area (Å²) < 4.78 is 13.1. The second-order valence-electron chi connectivity index (χ2n) is 5.17. The van der Waals surface area contributed by atoms with Crippen molar-refractivity contribution in [3.05, 3.63) is 24.2 Å². The van der Waals surface area contributed by atoms with Crippen molar-refractivity contribution in [1.82, 2.24) is 9.78 Å². The Morgan fingerprint density at radius 2 is 2.28 bits per heavy atom. The molecule has 3 heterocycles. The number of aryl methyl sites for hydroxylation is 1. The van der Waals surface area contributed by atoms with Crippen molar-refractivity contribution in [2.24, 2.45) is 0 Å². The molecule has 1 aliphatic rings. The Labute approximate surface area is 107 Å². The van der Waals surface area contributed by atoms with Gasteiger partial charge in [0.25, 0.3) is 0 Å². The molecule has 0 unspecified atom stereocenters. The van der Waals surface area contributed by atoms with Crippen LogP contribution in [0.5, 0.6) is 5.88 Å². The molecule has 0 fully saturated rings. The quantitative estimate of drug-likeness (QED) is 0.815. The SMILES string of the molecule is CC(C)c1c(-c2ccoc2)nn2c1O[C@H](C)CC2. The van der Waals surface area contributed by atoms with Gasteiger partial charge in [-0.25, -0.2) is 4.68 Å². The van der Waals surface area contributed by atoms with Crippen molar-refractivity contribution >= 4 is 0 Å². The van der Waals surface area contributed by atoms with E-state index in [0.29, 0.717) is 5.92 Å². The molecule has 1 aliphatic heterocycles. The average Bonchev–Trinajstić information content (AvgIpc) is 2.94. The van der Waals surface area contributed by atoms with Crippen molar-refractivity contribution in [3.8, 4) is 17.1 Å². The van der Waals surface area contributed by atoms with Crippen molar-refractivity contribution in [2.45, 2.75) is 45.8 Å². The summed E-state index contributed by atoms with van der Waals surface area (Å²) in [7, 11) is 0. The molecular weight excluding hydrogens is 228 g/mol. The van der Waals surface area contributed by atoms with E-state index in [1.165, 1.54) is 5.56 Å². The van der Waals surface area contributed by atoms with Crippen LogP contribution in [0.3, 0.4) is 0 Å². The van der Waals surface area contributed by atoms with Gasteiger partial charge in [-0.1, -0.05) is 13.8 Å². The number of ether oxygens (including phenoxy) is 1. The second kappa shape index (κ2) is 4.19. The van der Waals surface area contributed by atoms with E-state index < -0.39 is 0 Å². The topological polar surface area (TPSA) is 40.2 Å². The molecule has 0 spiro atoms. The van der Waals surface area contributed by atoms with Gasteiger partial charge in [0.1, 0.15) is 5.69 Å². The number of hydrogen-bond donors (Lipinski definition) is 0. The predicted octanol–water partition coefficient (Wildman–Crippen LogP) is 3.44. The van der Waals surface area contributed by atoms with Gasteiger partial charge < -0.3 is 9.15 Å². The predicted molar refractivity (Wildman–Crippen MR) is 68.7 cm³/mol. The molecule has 0 saturated heterocycles. The average molecular weight is 246 g/mol. The van der Waals surface area contributed by atoms with E-state index in [0.717, 1.165) is 30.1 Å². The first kappa shape index (κ1) is 11.4. The van der Waals surface area contributed by atoms with E-state index in [1.54, 1.807) is 12.5 Å². The van der Waals surface area contributed by atoms with E-state index >= 15 is 0 Å². The zero-order valence-electron chi connectivity index (χ0n) is 11.0. The lowest BCUT2D eigenvalue weighted by atomic mass is 10.0. The summed E-state index contributed by atoms with van der Waals surface area (Å²) in [5, 5.41) is 4.68. The summed E-state index contributed by atoms with van der Waals surface area (Å²) in [5.41, 5.74) is 3.20. The maximum atomic E-state index is 5.97. The first-order chi connectivity index (χ1) is 8.66. The maximum Gasteiger partial charge on any atom is 0.216 e. The minimum atomic E-state index is 0.267. The molecule has 1 atom stereocenters. The molecule has 0 N–H and O–H groups in total. The molecule has 0 aromatic carbocycles. The summed E-state index contributed by atoms with van der Waals surface area (Å²) in [6, 6.07) is 1.95. The molecule has 0 bridgehead atoms. The van der Waals surface area contributed by atoms with Crippen LogP contribution in [0, 0.1) is 0 Å². The van der Waals surface area contributed by atoms with Crippen molar-refractivity contribution in [1.29, 1.82) is 0 Å². The van der Waals surface area contributed by atoms with E-state index in [1.807, 2.05) is 10.7 Å². The Bertz CT molecular complexity index is 540. The van der Waals surface area contributed by atoms with Crippen LogP contribution in [0.4, 0.5) is 0 Å². The molecule has 0 amide bonds. The number of rotatable bonds is 2. The van der Waals surface area contributed by atoms with E-state index in [9.17, 15) is 0 Å². The third kappa shape index (κ3) is 1.72. The number of hydrogen-bond acceptors (Lipinski definition) is 3. The van der Waals surface area contributed by atoms with Gasteiger partial charge in [0.15, 0.2) is 0 Å². The normalized spacial score (nSPS) is 18.8. The van der Waals surface area contributed by atoms with Gasteiger partial charge in [-0.15, -0.1) is 0 Å². The van der Waals surface area contributed by atoms with Gasteiger partial charge in [0.2, 0.25) is 5.88 Å². The van der Waals surface area contributed by atoms with Crippen LogP contribution in [-0.2, 0) is 6.54 Å². The van der Waals surface area contributed by atoms with Crippen LogP contribution < -0.4 is 4.74 Å². The Morgan fingerprint density at radius 1 is 1.44 bits per heavy atom. The van der Waals surface area contributed by atoms with Crippen LogP contribution in [-0.4, -0.2) is 15.9 Å². The third-order valence-corrected chi connectivity index (χ3v) is 3.37. The first-order valence-electron chi connectivity index (χ1n) is 6.46. The molecule has 3 rings (SSSR count). The van der Waals surface area contributed by atoms with Crippen LogP contribution in [0.15, 0.2) is 23.0 Å². The number of fused-ring (bicyclic) bond motifs is 1. The molecule has 2 aromatic rings. The van der Waals surface area contributed by atoms with Gasteiger partial charge in [0.05, 0.1) is 18.6 Å². The molecule has 0 saturated carbocycles. The summed E-state index contributed by atoms with van der Waals surface area (Å²) in [6.07, 6.45) is 4.70. The highest BCUT2D eigenvalue weighted by Crippen LogP contribution is 2.38. The molecule has 0 radical (unpaired) electrons. The summed E-state index contributed by atoms with van der Waals surface area (Å²) in [6.45, 7) is 7.38. The van der Waals surface area contributed by atoms with Gasteiger partial charge in [0, 0.05) is 24.1 Å². The van der Waals surface area contributed by atoms with Crippen LogP contribution in [0.25, 0.3) is 11.3 Å². The molecule has 0 aliphatic carbocycles. The fourth-order valence-corrected chi connectivity index (χ4v) is 2.42. The van der Waals surface area contributed by atoms with Crippen molar-refractivity contribution in [3.63, 3.8) is 0 Å². The molecule has 96 valence electrons. The molecule has 4 heteroatoms. The number of aromatic nitrogens is 2. The van der Waals surface area contributed by atoms with Crippen LogP contribution in [0.1, 0.15) is 38.7 Å². The van der Waals surface area contributed by atoms with Gasteiger partial charge in [-0.3, -0.25) is 0 Å². The zero-order chi connectivity index (χ0) is 12.7.